The molecular weight excluding hydrogens is 251 g/mol. The first-order valence-corrected chi connectivity index (χ1v) is 5.95. The van der Waals surface area contributed by atoms with Crippen LogP contribution in [0.5, 0.6) is 0 Å². The van der Waals surface area contributed by atoms with Gasteiger partial charge in [0.1, 0.15) is 5.82 Å². The summed E-state index contributed by atoms with van der Waals surface area (Å²) in [5.41, 5.74) is 0.429. The molecule has 0 spiro atoms. The van der Waals surface area contributed by atoms with Crippen LogP contribution < -0.4 is 4.90 Å². The standard InChI is InChI=1S/C13H17FN2O3/c1-3-16(8-7-12(17)18)13(19)15(2)11-6-4-5-10(14)9-11/h4-6,9H,3,7-8H2,1-2H3,(H,17,18). The number of urea groups is 1. The Labute approximate surface area is 111 Å². The van der Waals surface area contributed by atoms with Gasteiger partial charge >= 0.3 is 12.0 Å². The Kier molecular flexibility index (Phi) is 5.29. The van der Waals surface area contributed by atoms with E-state index in [2.05, 4.69) is 0 Å². The number of hydrogen-bond donors (Lipinski definition) is 1. The fourth-order valence-corrected chi connectivity index (χ4v) is 1.63. The first-order valence-electron chi connectivity index (χ1n) is 5.95. The van der Waals surface area contributed by atoms with E-state index in [-0.39, 0.29) is 19.0 Å². The third-order valence-electron chi connectivity index (χ3n) is 2.73. The average molecular weight is 268 g/mol. The van der Waals surface area contributed by atoms with E-state index in [4.69, 9.17) is 5.11 Å². The van der Waals surface area contributed by atoms with Gasteiger partial charge in [-0.2, -0.15) is 0 Å². The second-order valence-corrected chi connectivity index (χ2v) is 4.04. The van der Waals surface area contributed by atoms with Gasteiger partial charge in [-0.15, -0.1) is 0 Å². The molecule has 0 atom stereocenters. The minimum Gasteiger partial charge on any atom is -0.481 e. The molecule has 0 aliphatic carbocycles. The third-order valence-corrected chi connectivity index (χ3v) is 2.73. The molecule has 0 radical (unpaired) electrons. The number of carbonyl (C=O) groups is 2. The van der Waals surface area contributed by atoms with Crippen molar-refractivity contribution in [2.24, 2.45) is 0 Å². The van der Waals surface area contributed by atoms with Gasteiger partial charge in [0, 0.05) is 25.8 Å². The molecule has 0 aromatic heterocycles. The molecule has 5 nitrogen and oxygen atoms in total. The summed E-state index contributed by atoms with van der Waals surface area (Å²) in [5.74, 6) is -1.38. The van der Waals surface area contributed by atoms with Gasteiger partial charge in [-0.3, -0.25) is 9.69 Å². The van der Waals surface area contributed by atoms with Crippen molar-refractivity contribution in [3.8, 4) is 0 Å². The second kappa shape index (κ2) is 6.72. The number of benzene rings is 1. The van der Waals surface area contributed by atoms with E-state index in [0.29, 0.717) is 12.2 Å². The number of rotatable bonds is 5. The van der Waals surface area contributed by atoms with Crippen LogP contribution in [0.15, 0.2) is 24.3 Å². The molecule has 0 bridgehead atoms. The quantitative estimate of drug-likeness (QED) is 0.890. The normalized spacial score (nSPS) is 10.1. The predicted octanol–water partition coefficient (Wildman–Crippen LogP) is 2.18. The van der Waals surface area contributed by atoms with Crippen molar-refractivity contribution in [2.75, 3.05) is 25.0 Å². The smallest absolute Gasteiger partial charge is 0.324 e. The van der Waals surface area contributed by atoms with Crippen molar-refractivity contribution in [1.82, 2.24) is 4.90 Å². The van der Waals surface area contributed by atoms with Gasteiger partial charge in [-0.25, -0.2) is 9.18 Å². The number of hydrogen-bond acceptors (Lipinski definition) is 2. The van der Waals surface area contributed by atoms with Crippen molar-refractivity contribution in [3.05, 3.63) is 30.1 Å². The highest BCUT2D eigenvalue weighted by Gasteiger charge is 2.18. The van der Waals surface area contributed by atoms with E-state index in [1.807, 2.05) is 0 Å². The van der Waals surface area contributed by atoms with Gasteiger partial charge in [0.2, 0.25) is 0 Å². The Balaban J connectivity index is 2.76. The first kappa shape index (κ1) is 14.9. The summed E-state index contributed by atoms with van der Waals surface area (Å²) < 4.78 is 13.1. The van der Waals surface area contributed by atoms with Gasteiger partial charge in [-0.05, 0) is 25.1 Å². The maximum absolute atomic E-state index is 13.1. The lowest BCUT2D eigenvalue weighted by Gasteiger charge is -2.26. The minimum absolute atomic E-state index is 0.115. The monoisotopic (exact) mass is 268 g/mol. The number of carboxylic acid groups (broad SMARTS) is 1. The molecule has 19 heavy (non-hydrogen) atoms. The average Bonchev–Trinajstić information content (AvgIpc) is 2.38. The van der Waals surface area contributed by atoms with Crippen molar-refractivity contribution >= 4 is 17.7 Å². The zero-order chi connectivity index (χ0) is 14.4. The number of carboxylic acids is 1. The van der Waals surface area contributed by atoms with Crippen molar-refractivity contribution in [3.63, 3.8) is 0 Å². The lowest BCUT2D eigenvalue weighted by molar-refractivity contribution is -0.137. The Morgan fingerprint density at radius 3 is 2.58 bits per heavy atom. The molecule has 0 aliphatic rings. The summed E-state index contributed by atoms with van der Waals surface area (Å²) in [4.78, 5) is 25.4. The maximum atomic E-state index is 13.1. The summed E-state index contributed by atoms with van der Waals surface area (Å²) >= 11 is 0. The van der Waals surface area contributed by atoms with Crippen LogP contribution in [0, 0.1) is 5.82 Å². The highest BCUT2D eigenvalue weighted by atomic mass is 19.1. The van der Waals surface area contributed by atoms with Crippen LogP contribution in [0.1, 0.15) is 13.3 Å². The zero-order valence-electron chi connectivity index (χ0n) is 11.0. The highest BCUT2D eigenvalue weighted by molar-refractivity contribution is 5.91. The topological polar surface area (TPSA) is 60.9 Å². The minimum atomic E-state index is -0.959. The lowest BCUT2D eigenvalue weighted by Crippen LogP contribution is -2.42. The number of aliphatic carboxylic acids is 1. The van der Waals surface area contributed by atoms with Crippen LogP contribution in [0.25, 0.3) is 0 Å². The molecule has 0 fully saturated rings. The Bertz CT molecular complexity index is 465. The van der Waals surface area contributed by atoms with E-state index in [0.717, 1.165) is 0 Å². The van der Waals surface area contributed by atoms with E-state index in [1.165, 1.54) is 35.0 Å². The van der Waals surface area contributed by atoms with E-state index in [9.17, 15) is 14.0 Å². The molecule has 1 N–H and O–H groups in total. The second-order valence-electron chi connectivity index (χ2n) is 4.04. The number of carbonyl (C=O) groups excluding carboxylic acids is 1. The number of anilines is 1. The summed E-state index contributed by atoms with van der Waals surface area (Å²) in [6.07, 6.45) is -0.115. The van der Waals surface area contributed by atoms with Crippen LogP contribution in [0.4, 0.5) is 14.9 Å². The lowest BCUT2D eigenvalue weighted by atomic mass is 10.3. The molecule has 6 heteroatoms. The molecule has 0 saturated heterocycles. The summed E-state index contributed by atoms with van der Waals surface area (Å²) in [6, 6.07) is 5.33. The first-order chi connectivity index (χ1) is 8.95. The summed E-state index contributed by atoms with van der Waals surface area (Å²) in [5, 5.41) is 8.63. The van der Waals surface area contributed by atoms with Crippen molar-refractivity contribution in [2.45, 2.75) is 13.3 Å². The third kappa shape index (κ3) is 4.24. The molecule has 104 valence electrons. The van der Waals surface area contributed by atoms with Crippen LogP contribution in [0.2, 0.25) is 0 Å². The predicted molar refractivity (Wildman–Crippen MR) is 69.7 cm³/mol. The largest absolute Gasteiger partial charge is 0.481 e. The Morgan fingerprint density at radius 1 is 1.37 bits per heavy atom. The molecule has 1 aromatic rings. The highest BCUT2D eigenvalue weighted by Crippen LogP contribution is 2.15. The summed E-state index contributed by atoms with van der Waals surface area (Å²) in [7, 11) is 1.53. The molecule has 0 heterocycles. The molecule has 2 amide bonds. The van der Waals surface area contributed by atoms with Crippen molar-refractivity contribution < 1.29 is 19.1 Å². The van der Waals surface area contributed by atoms with E-state index >= 15 is 0 Å². The molecule has 0 aliphatic heterocycles. The molecule has 1 aromatic carbocycles. The zero-order valence-corrected chi connectivity index (χ0v) is 11.0. The van der Waals surface area contributed by atoms with Crippen LogP contribution in [-0.4, -0.2) is 42.1 Å². The van der Waals surface area contributed by atoms with Crippen LogP contribution in [0.3, 0.4) is 0 Å². The van der Waals surface area contributed by atoms with E-state index in [1.54, 1.807) is 13.0 Å². The van der Waals surface area contributed by atoms with Crippen LogP contribution in [-0.2, 0) is 4.79 Å². The van der Waals surface area contributed by atoms with E-state index < -0.39 is 11.8 Å². The molecule has 0 saturated carbocycles. The molecule has 1 rings (SSSR count). The van der Waals surface area contributed by atoms with Gasteiger partial charge in [0.15, 0.2) is 0 Å². The van der Waals surface area contributed by atoms with Gasteiger partial charge in [0.25, 0.3) is 0 Å². The van der Waals surface area contributed by atoms with Crippen molar-refractivity contribution in [1.29, 1.82) is 0 Å². The Hall–Kier alpha value is -2.11. The summed E-state index contributed by atoms with van der Waals surface area (Å²) in [6.45, 7) is 2.29. The number of nitrogens with zero attached hydrogens (tertiary/aromatic N) is 2. The number of amides is 2. The van der Waals surface area contributed by atoms with Gasteiger partial charge in [-0.1, -0.05) is 6.07 Å². The Morgan fingerprint density at radius 2 is 2.05 bits per heavy atom. The molecular formula is C13H17FN2O3. The fourth-order valence-electron chi connectivity index (χ4n) is 1.63. The van der Waals surface area contributed by atoms with Gasteiger partial charge < -0.3 is 10.0 Å². The van der Waals surface area contributed by atoms with Gasteiger partial charge in [0.05, 0.1) is 6.42 Å². The molecule has 0 unspecified atom stereocenters. The maximum Gasteiger partial charge on any atom is 0.324 e. The SMILES string of the molecule is CCN(CCC(=O)O)C(=O)N(C)c1cccc(F)c1. The van der Waals surface area contributed by atoms with Crippen LogP contribution >= 0.6 is 0 Å². The fraction of sp³-hybridized carbons (Fsp3) is 0.385. The number of halogens is 1.